The molecule has 4 rings (SSSR count). The summed E-state index contributed by atoms with van der Waals surface area (Å²) in [6.07, 6.45) is 1.62. The summed E-state index contributed by atoms with van der Waals surface area (Å²) < 4.78 is 2.17. The van der Waals surface area contributed by atoms with Crippen molar-refractivity contribution in [2.24, 2.45) is 0 Å². The van der Waals surface area contributed by atoms with E-state index in [1.54, 1.807) is 24.4 Å². The molecule has 0 fully saturated rings. The molecule has 146 valence electrons. The summed E-state index contributed by atoms with van der Waals surface area (Å²) in [5, 5.41) is 2.94. The van der Waals surface area contributed by atoms with Crippen LogP contribution in [0.5, 0.6) is 0 Å². The number of aromatic nitrogens is 3. The van der Waals surface area contributed by atoms with Gasteiger partial charge in [0.15, 0.2) is 0 Å². The maximum atomic E-state index is 12.4. The fraction of sp³-hybridized carbons (Fsp3) is 0.208. The molecule has 0 spiro atoms. The Labute approximate surface area is 170 Å². The molecule has 1 N–H and O–H groups in total. The number of hydrogen-bond acceptors (Lipinski definition) is 3. The molecule has 1 amide bonds. The van der Waals surface area contributed by atoms with Gasteiger partial charge >= 0.3 is 0 Å². The Morgan fingerprint density at radius 3 is 2.48 bits per heavy atom. The van der Waals surface area contributed by atoms with Crippen LogP contribution >= 0.6 is 0 Å². The fourth-order valence-electron chi connectivity index (χ4n) is 3.37. The van der Waals surface area contributed by atoms with Crippen molar-refractivity contribution in [1.29, 1.82) is 0 Å². The zero-order chi connectivity index (χ0) is 20.2. The number of hydrogen-bond donors (Lipinski definition) is 1. The topological polar surface area (TPSA) is 59.8 Å². The minimum absolute atomic E-state index is 0.203. The van der Waals surface area contributed by atoms with E-state index in [0.717, 1.165) is 16.9 Å². The monoisotopic (exact) mass is 384 g/mol. The zero-order valence-corrected chi connectivity index (χ0v) is 16.7. The molecule has 2 heterocycles. The van der Waals surface area contributed by atoms with Crippen molar-refractivity contribution in [1.82, 2.24) is 19.9 Å². The van der Waals surface area contributed by atoms with Gasteiger partial charge in [-0.15, -0.1) is 0 Å². The first kappa shape index (κ1) is 18.9. The van der Waals surface area contributed by atoms with Crippen molar-refractivity contribution < 1.29 is 4.79 Å². The minimum Gasteiger partial charge on any atom is -0.343 e. The SMILES string of the molecule is CC(C)c1ccc(Cn2c(CNC(=O)c3ccccn3)nc3ccccc32)cc1. The van der Waals surface area contributed by atoms with Gasteiger partial charge in [-0.2, -0.15) is 0 Å². The number of rotatable bonds is 6. The van der Waals surface area contributed by atoms with Crippen LogP contribution in [0.2, 0.25) is 0 Å². The molecule has 0 aliphatic rings. The van der Waals surface area contributed by atoms with Gasteiger partial charge in [0.25, 0.3) is 5.91 Å². The first-order valence-electron chi connectivity index (χ1n) is 9.84. The predicted octanol–water partition coefficient (Wildman–Crippen LogP) is 4.53. The van der Waals surface area contributed by atoms with E-state index >= 15 is 0 Å². The third-order valence-corrected chi connectivity index (χ3v) is 5.03. The van der Waals surface area contributed by atoms with Crippen molar-refractivity contribution in [2.75, 3.05) is 0 Å². The lowest BCUT2D eigenvalue weighted by atomic mass is 10.0. The molecule has 0 radical (unpaired) electrons. The quantitative estimate of drug-likeness (QED) is 0.531. The number of imidazole rings is 1. The van der Waals surface area contributed by atoms with E-state index in [0.29, 0.717) is 24.7 Å². The highest BCUT2D eigenvalue weighted by Gasteiger charge is 2.13. The molecule has 4 aromatic rings. The highest BCUT2D eigenvalue weighted by atomic mass is 16.1. The van der Waals surface area contributed by atoms with Crippen LogP contribution in [0, 0.1) is 0 Å². The van der Waals surface area contributed by atoms with Crippen molar-refractivity contribution >= 4 is 16.9 Å². The van der Waals surface area contributed by atoms with Crippen LogP contribution in [0.4, 0.5) is 0 Å². The normalized spacial score (nSPS) is 11.1. The second kappa shape index (κ2) is 8.27. The highest BCUT2D eigenvalue weighted by molar-refractivity contribution is 5.92. The van der Waals surface area contributed by atoms with Crippen LogP contribution in [0.1, 0.15) is 47.2 Å². The van der Waals surface area contributed by atoms with Gasteiger partial charge in [-0.3, -0.25) is 9.78 Å². The van der Waals surface area contributed by atoms with Crippen molar-refractivity contribution in [3.63, 3.8) is 0 Å². The van der Waals surface area contributed by atoms with Crippen molar-refractivity contribution in [3.8, 4) is 0 Å². The highest BCUT2D eigenvalue weighted by Crippen LogP contribution is 2.20. The molecule has 5 heteroatoms. The number of carbonyl (C=O) groups is 1. The third kappa shape index (κ3) is 4.19. The predicted molar refractivity (Wildman–Crippen MR) is 115 cm³/mol. The molecule has 5 nitrogen and oxygen atoms in total. The lowest BCUT2D eigenvalue weighted by molar-refractivity contribution is 0.0944. The number of benzene rings is 2. The van der Waals surface area contributed by atoms with Crippen molar-refractivity contribution in [3.05, 3.63) is 95.6 Å². The number of pyridine rings is 1. The van der Waals surface area contributed by atoms with E-state index in [1.165, 1.54) is 11.1 Å². The molecule has 0 aliphatic carbocycles. The summed E-state index contributed by atoms with van der Waals surface area (Å²) in [6.45, 7) is 5.43. The smallest absolute Gasteiger partial charge is 0.270 e. The fourth-order valence-corrected chi connectivity index (χ4v) is 3.37. The third-order valence-electron chi connectivity index (χ3n) is 5.03. The van der Waals surface area contributed by atoms with Crippen LogP contribution in [0.3, 0.4) is 0 Å². The summed E-state index contributed by atoms with van der Waals surface area (Å²) in [6, 6.07) is 22.1. The van der Waals surface area contributed by atoms with E-state index in [2.05, 4.69) is 59.0 Å². The van der Waals surface area contributed by atoms with Gasteiger partial charge in [-0.1, -0.05) is 56.3 Å². The maximum absolute atomic E-state index is 12.4. The number of carbonyl (C=O) groups excluding carboxylic acids is 1. The molecule has 0 saturated carbocycles. The maximum Gasteiger partial charge on any atom is 0.270 e. The number of fused-ring (bicyclic) bond motifs is 1. The van der Waals surface area contributed by atoms with Crippen LogP contribution in [-0.4, -0.2) is 20.4 Å². The van der Waals surface area contributed by atoms with Gasteiger partial charge in [-0.05, 0) is 41.3 Å². The summed E-state index contributed by atoms with van der Waals surface area (Å²) >= 11 is 0. The van der Waals surface area contributed by atoms with E-state index in [9.17, 15) is 4.79 Å². The lowest BCUT2D eigenvalue weighted by Gasteiger charge is -2.12. The Morgan fingerprint density at radius 2 is 1.76 bits per heavy atom. The molecule has 0 unspecified atom stereocenters. The molecule has 29 heavy (non-hydrogen) atoms. The molecule has 2 aromatic heterocycles. The number of para-hydroxylation sites is 2. The Hall–Kier alpha value is -3.47. The Morgan fingerprint density at radius 1 is 1.00 bits per heavy atom. The molecule has 0 aliphatic heterocycles. The van der Waals surface area contributed by atoms with Gasteiger partial charge in [0.1, 0.15) is 11.5 Å². The van der Waals surface area contributed by atoms with E-state index in [4.69, 9.17) is 4.98 Å². The average molecular weight is 384 g/mol. The number of nitrogens with one attached hydrogen (secondary N) is 1. The van der Waals surface area contributed by atoms with Crippen LogP contribution in [0.15, 0.2) is 72.9 Å². The van der Waals surface area contributed by atoms with Gasteiger partial charge in [-0.25, -0.2) is 4.98 Å². The summed E-state index contributed by atoms with van der Waals surface area (Å²) in [7, 11) is 0. The molecule has 0 saturated heterocycles. The molecular formula is C24H24N4O. The zero-order valence-electron chi connectivity index (χ0n) is 16.7. The second-order valence-electron chi connectivity index (χ2n) is 7.40. The van der Waals surface area contributed by atoms with E-state index < -0.39 is 0 Å². The Balaban J connectivity index is 1.59. The average Bonchev–Trinajstić information content (AvgIpc) is 3.10. The lowest BCUT2D eigenvalue weighted by Crippen LogP contribution is -2.25. The standard InChI is InChI=1S/C24H24N4O/c1-17(2)19-12-10-18(11-13-19)16-28-22-9-4-3-7-20(22)27-23(28)15-26-24(29)21-8-5-6-14-25-21/h3-14,17H,15-16H2,1-2H3,(H,26,29). The Kier molecular flexibility index (Phi) is 5.38. The summed E-state index contributed by atoms with van der Waals surface area (Å²) in [5.41, 5.74) is 4.91. The minimum atomic E-state index is -0.203. The largest absolute Gasteiger partial charge is 0.343 e. The summed E-state index contributed by atoms with van der Waals surface area (Å²) in [5.74, 6) is 1.13. The van der Waals surface area contributed by atoms with E-state index in [-0.39, 0.29) is 5.91 Å². The molecule has 0 atom stereocenters. The molecular weight excluding hydrogens is 360 g/mol. The van der Waals surface area contributed by atoms with Crippen LogP contribution in [0.25, 0.3) is 11.0 Å². The molecule has 2 aromatic carbocycles. The van der Waals surface area contributed by atoms with Crippen LogP contribution in [-0.2, 0) is 13.1 Å². The number of nitrogens with zero attached hydrogens (tertiary/aromatic N) is 3. The van der Waals surface area contributed by atoms with Crippen LogP contribution < -0.4 is 5.32 Å². The van der Waals surface area contributed by atoms with Gasteiger partial charge < -0.3 is 9.88 Å². The first-order valence-corrected chi connectivity index (χ1v) is 9.84. The molecule has 0 bridgehead atoms. The first-order chi connectivity index (χ1) is 14.1. The van der Waals surface area contributed by atoms with Crippen molar-refractivity contribution in [2.45, 2.75) is 32.9 Å². The van der Waals surface area contributed by atoms with Gasteiger partial charge in [0.2, 0.25) is 0 Å². The second-order valence-corrected chi connectivity index (χ2v) is 7.40. The van der Waals surface area contributed by atoms with E-state index in [1.807, 2.05) is 18.2 Å². The number of amides is 1. The van der Waals surface area contributed by atoms with Gasteiger partial charge in [0.05, 0.1) is 17.6 Å². The summed E-state index contributed by atoms with van der Waals surface area (Å²) in [4.78, 5) is 21.2. The Bertz CT molecular complexity index is 1110. The van der Waals surface area contributed by atoms with Gasteiger partial charge in [0, 0.05) is 12.7 Å².